The highest BCUT2D eigenvalue weighted by atomic mass is 16.5. The molecule has 0 spiro atoms. The van der Waals surface area contributed by atoms with Gasteiger partial charge in [0.2, 0.25) is 0 Å². The van der Waals surface area contributed by atoms with Crippen molar-refractivity contribution in [3.05, 3.63) is 60.2 Å². The van der Waals surface area contributed by atoms with E-state index in [4.69, 9.17) is 9.47 Å². The lowest BCUT2D eigenvalue weighted by Crippen LogP contribution is -1.97. The van der Waals surface area contributed by atoms with E-state index in [-0.39, 0.29) is 5.75 Å². The van der Waals surface area contributed by atoms with Crippen LogP contribution in [0.1, 0.15) is 11.1 Å². The van der Waals surface area contributed by atoms with Crippen molar-refractivity contribution in [2.75, 3.05) is 7.11 Å². The fraction of sp³-hybridized carbons (Fsp3) is 0.125. The van der Waals surface area contributed by atoms with Crippen LogP contribution in [0.25, 0.3) is 6.08 Å². The van der Waals surface area contributed by atoms with E-state index in [1.807, 2.05) is 30.3 Å². The van der Waals surface area contributed by atoms with Crippen molar-refractivity contribution in [1.29, 1.82) is 0 Å². The number of benzene rings is 2. The van der Waals surface area contributed by atoms with E-state index in [2.05, 4.69) is 6.58 Å². The van der Waals surface area contributed by atoms with Gasteiger partial charge in [-0.05, 0) is 11.6 Å². The first kappa shape index (κ1) is 13.0. The number of rotatable bonds is 5. The monoisotopic (exact) mass is 256 g/mol. The smallest absolute Gasteiger partial charge is 0.161 e. The Morgan fingerprint density at radius 1 is 1.16 bits per heavy atom. The molecule has 0 aliphatic rings. The Labute approximate surface area is 112 Å². The van der Waals surface area contributed by atoms with Crippen molar-refractivity contribution in [1.82, 2.24) is 0 Å². The summed E-state index contributed by atoms with van der Waals surface area (Å²) < 4.78 is 10.8. The van der Waals surface area contributed by atoms with Crippen molar-refractivity contribution in [2.45, 2.75) is 6.61 Å². The molecule has 0 amide bonds. The van der Waals surface area contributed by atoms with Gasteiger partial charge < -0.3 is 14.6 Å². The van der Waals surface area contributed by atoms with Crippen molar-refractivity contribution < 1.29 is 14.6 Å². The second kappa shape index (κ2) is 5.96. The van der Waals surface area contributed by atoms with Crippen LogP contribution in [0.5, 0.6) is 17.2 Å². The van der Waals surface area contributed by atoms with E-state index in [1.54, 1.807) is 18.2 Å². The third-order valence-electron chi connectivity index (χ3n) is 2.77. The fourth-order valence-electron chi connectivity index (χ4n) is 1.75. The summed E-state index contributed by atoms with van der Waals surface area (Å²) in [5.74, 6) is 1.04. The lowest BCUT2D eigenvalue weighted by Gasteiger charge is -2.12. The minimum atomic E-state index is 0.0520. The lowest BCUT2D eigenvalue weighted by molar-refractivity contribution is 0.301. The number of phenolic OH excluding ortho intramolecular Hbond substituents is 1. The third kappa shape index (κ3) is 3.07. The van der Waals surface area contributed by atoms with Crippen LogP contribution < -0.4 is 9.47 Å². The van der Waals surface area contributed by atoms with Gasteiger partial charge in [-0.3, -0.25) is 0 Å². The van der Waals surface area contributed by atoms with Gasteiger partial charge in [-0.1, -0.05) is 43.0 Å². The third-order valence-corrected chi connectivity index (χ3v) is 2.77. The van der Waals surface area contributed by atoms with E-state index < -0.39 is 0 Å². The first-order valence-electron chi connectivity index (χ1n) is 5.94. The fourth-order valence-corrected chi connectivity index (χ4v) is 1.75. The van der Waals surface area contributed by atoms with Gasteiger partial charge in [0, 0.05) is 11.6 Å². The topological polar surface area (TPSA) is 38.7 Å². The van der Waals surface area contributed by atoms with Gasteiger partial charge in [0.15, 0.2) is 11.5 Å². The second-order valence-corrected chi connectivity index (χ2v) is 4.04. The molecule has 0 unspecified atom stereocenters. The maximum atomic E-state index is 9.77. The molecule has 98 valence electrons. The molecule has 0 aromatic heterocycles. The predicted molar refractivity (Wildman–Crippen MR) is 75.5 cm³/mol. The Hall–Kier alpha value is -2.42. The molecule has 0 bridgehead atoms. The Morgan fingerprint density at radius 2 is 1.89 bits per heavy atom. The lowest BCUT2D eigenvalue weighted by atomic mass is 10.1. The molecule has 0 saturated heterocycles. The molecule has 3 nitrogen and oxygen atoms in total. The van der Waals surface area contributed by atoms with Gasteiger partial charge in [0.25, 0.3) is 0 Å². The molecule has 0 fully saturated rings. The van der Waals surface area contributed by atoms with E-state index in [9.17, 15) is 5.11 Å². The summed E-state index contributed by atoms with van der Waals surface area (Å²) in [4.78, 5) is 0. The Balaban J connectivity index is 2.20. The Morgan fingerprint density at radius 3 is 2.53 bits per heavy atom. The Bertz CT molecular complexity index is 562. The van der Waals surface area contributed by atoms with E-state index in [0.29, 0.717) is 18.1 Å². The molecule has 0 aliphatic heterocycles. The highest BCUT2D eigenvalue weighted by Gasteiger charge is 2.09. The number of methoxy groups -OCH3 is 1. The quantitative estimate of drug-likeness (QED) is 0.888. The van der Waals surface area contributed by atoms with E-state index in [0.717, 1.165) is 11.1 Å². The largest absolute Gasteiger partial charge is 0.504 e. The van der Waals surface area contributed by atoms with Crippen molar-refractivity contribution in [3.63, 3.8) is 0 Å². The summed E-state index contributed by atoms with van der Waals surface area (Å²) in [6, 6.07) is 13.1. The molecule has 2 rings (SSSR count). The molecule has 0 aliphatic carbocycles. The van der Waals surface area contributed by atoms with Gasteiger partial charge in [0.1, 0.15) is 12.4 Å². The Kier molecular flexibility index (Phi) is 4.08. The van der Waals surface area contributed by atoms with Crippen LogP contribution in [-0.2, 0) is 6.61 Å². The predicted octanol–water partition coefficient (Wildman–Crippen LogP) is 3.62. The number of hydrogen-bond acceptors (Lipinski definition) is 3. The zero-order chi connectivity index (χ0) is 13.7. The van der Waals surface area contributed by atoms with Gasteiger partial charge >= 0.3 is 0 Å². The van der Waals surface area contributed by atoms with Crippen molar-refractivity contribution >= 4 is 6.08 Å². The first-order chi connectivity index (χ1) is 9.24. The normalized spacial score (nSPS) is 9.95. The molecule has 1 N–H and O–H groups in total. The van der Waals surface area contributed by atoms with Crippen molar-refractivity contribution in [3.8, 4) is 17.2 Å². The zero-order valence-electron chi connectivity index (χ0n) is 10.8. The van der Waals surface area contributed by atoms with Gasteiger partial charge in [-0.2, -0.15) is 0 Å². The number of phenols is 1. The minimum Gasteiger partial charge on any atom is -0.504 e. The SMILES string of the molecule is C=Cc1cc(OC)c(O)cc1OCc1ccccc1. The van der Waals surface area contributed by atoms with Gasteiger partial charge in [-0.15, -0.1) is 0 Å². The van der Waals surface area contributed by atoms with E-state index >= 15 is 0 Å². The molecular formula is C16H16O3. The summed E-state index contributed by atoms with van der Waals surface area (Å²) >= 11 is 0. The van der Waals surface area contributed by atoms with Crippen LogP contribution in [0.2, 0.25) is 0 Å². The summed E-state index contributed by atoms with van der Waals surface area (Å²) in [5.41, 5.74) is 1.85. The first-order valence-corrected chi connectivity index (χ1v) is 5.94. The minimum absolute atomic E-state index is 0.0520. The molecule has 0 radical (unpaired) electrons. The molecule has 2 aromatic carbocycles. The maximum Gasteiger partial charge on any atom is 0.161 e. The molecule has 0 atom stereocenters. The highest BCUT2D eigenvalue weighted by molar-refractivity contribution is 5.62. The average Bonchev–Trinajstić information content (AvgIpc) is 2.46. The summed E-state index contributed by atoms with van der Waals surface area (Å²) in [6.45, 7) is 4.17. The molecular weight excluding hydrogens is 240 g/mol. The standard InChI is InChI=1S/C16H16O3/c1-3-13-9-16(18-2)14(17)10-15(13)19-11-12-7-5-4-6-8-12/h3-10,17H,1,11H2,2H3. The molecule has 0 heterocycles. The zero-order valence-corrected chi connectivity index (χ0v) is 10.8. The van der Waals surface area contributed by atoms with Crippen LogP contribution in [0, 0.1) is 0 Å². The van der Waals surface area contributed by atoms with Crippen LogP contribution in [0.3, 0.4) is 0 Å². The van der Waals surface area contributed by atoms with E-state index in [1.165, 1.54) is 7.11 Å². The molecule has 0 saturated carbocycles. The molecule has 19 heavy (non-hydrogen) atoms. The summed E-state index contributed by atoms with van der Waals surface area (Å²) in [6.07, 6.45) is 1.67. The molecule has 2 aromatic rings. The van der Waals surface area contributed by atoms with Crippen LogP contribution in [0.15, 0.2) is 49.0 Å². The summed E-state index contributed by atoms with van der Waals surface area (Å²) in [7, 11) is 1.51. The number of ether oxygens (including phenoxy) is 2. The summed E-state index contributed by atoms with van der Waals surface area (Å²) in [5, 5.41) is 9.77. The maximum absolute atomic E-state index is 9.77. The van der Waals surface area contributed by atoms with Crippen LogP contribution in [-0.4, -0.2) is 12.2 Å². The van der Waals surface area contributed by atoms with Crippen LogP contribution in [0.4, 0.5) is 0 Å². The molecule has 3 heteroatoms. The number of hydrogen-bond donors (Lipinski definition) is 1. The van der Waals surface area contributed by atoms with Crippen molar-refractivity contribution in [2.24, 2.45) is 0 Å². The highest BCUT2D eigenvalue weighted by Crippen LogP contribution is 2.34. The van der Waals surface area contributed by atoms with Gasteiger partial charge in [-0.25, -0.2) is 0 Å². The van der Waals surface area contributed by atoms with Gasteiger partial charge in [0.05, 0.1) is 7.11 Å². The average molecular weight is 256 g/mol. The van der Waals surface area contributed by atoms with Crippen LogP contribution >= 0.6 is 0 Å². The second-order valence-electron chi connectivity index (χ2n) is 4.04. The number of aromatic hydroxyl groups is 1.